The maximum absolute atomic E-state index is 5.24. The summed E-state index contributed by atoms with van der Waals surface area (Å²) in [6.07, 6.45) is 5.31. The monoisotopic (exact) mass is 164 g/mol. The van der Waals surface area contributed by atoms with Crippen molar-refractivity contribution in [2.24, 2.45) is 0 Å². The van der Waals surface area contributed by atoms with Gasteiger partial charge in [0.05, 0.1) is 12.3 Å². The quantitative estimate of drug-likeness (QED) is 0.637. The van der Waals surface area contributed by atoms with E-state index in [1.165, 1.54) is 42.6 Å². The second-order valence-electron chi connectivity index (χ2n) is 3.60. The molecule has 1 saturated heterocycles. The van der Waals surface area contributed by atoms with Gasteiger partial charge in [-0.15, -0.1) is 0 Å². The predicted molar refractivity (Wildman–Crippen MR) is 43.9 cm³/mol. The highest BCUT2D eigenvalue weighted by Crippen LogP contribution is 2.34. The van der Waals surface area contributed by atoms with Gasteiger partial charge in [0, 0.05) is 5.69 Å². The topological polar surface area (TPSA) is 41.2 Å². The van der Waals surface area contributed by atoms with Gasteiger partial charge in [-0.2, -0.15) is 5.10 Å². The summed E-state index contributed by atoms with van der Waals surface area (Å²) in [6.45, 7) is 0.872. The summed E-state index contributed by atoms with van der Waals surface area (Å²) in [5.41, 5.74) is 3.99. The van der Waals surface area contributed by atoms with Gasteiger partial charge in [0.25, 0.3) is 0 Å². The van der Waals surface area contributed by atoms with Crippen LogP contribution >= 0.6 is 0 Å². The van der Waals surface area contributed by atoms with E-state index in [1.807, 2.05) is 0 Å². The summed E-state index contributed by atoms with van der Waals surface area (Å²) in [6, 6.07) is 0. The van der Waals surface area contributed by atoms with Crippen LogP contribution in [0.3, 0.4) is 0 Å². The summed E-state index contributed by atoms with van der Waals surface area (Å²) in [5.74, 6) is 0. The largest absolute Gasteiger partial charge is 0.366 e. The van der Waals surface area contributed by atoms with E-state index in [9.17, 15) is 0 Å². The molecular weight excluding hydrogens is 152 g/mol. The third-order valence-corrected chi connectivity index (χ3v) is 2.73. The molecule has 0 bridgehead atoms. The maximum atomic E-state index is 5.24. The van der Waals surface area contributed by atoms with Crippen LogP contribution in [-0.2, 0) is 17.6 Å². The number of hydrogen-bond acceptors (Lipinski definition) is 2. The highest BCUT2D eigenvalue weighted by molar-refractivity contribution is 5.30. The molecule has 1 N–H and O–H groups in total. The van der Waals surface area contributed by atoms with E-state index in [1.54, 1.807) is 0 Å². The minimum atomic E-state index is 0.322. The molecule has 0 unspecified atom stereocenters. The molecule has 0 spiro atoms. The van der Waals surface area contributed by atoms with Crippen molar-refractivity contribution >= 4 is 0 Å². The van der Waals surface area contributed by atoms with Crippen LogP contribution < -0.4 is 0 Å². The van der Waals surface area contributed by atoms with Gasteiger partial charge >= 0.3 is 0 Å². The van der Waals surface area contributed by atoms with Gasteiger partial charge in [0.1, 0.15) is 6.10 Å². The Morgan fingerprint density at radius 2 is 2.17 bits per heavy atom. The fourth-order valence-electron chi connectivity index (χ4n) is 1.98. The zero-order chi connectivity index (χ0) is 7.97. The number of epoxide rings is 1. The Hall–Kier alpha value is -0.830. The van der Waals surface area contributed by atoms with Gasteiger partial charge in [-0.25, -0.2) is 0 Å². The molecule has 1 aromatic rings. The lowest BCUT2D eigenvalue weighted by atomic mass is 9.95. The van der Waals surface area contributed by atoms with Crippen molar-refractivity contribution in [3.8, 4) is 0 Å². The van der Waals surface area contributed by atoms with E-state index in [2.05, 4.69) is 10.2 Å². The van der Waals surface area contributed by atoms with E-state index in [-0.39, 0.29) is 0 Å². The molecule has 0 aromatic carbocycles. The Balaban J connectivity index is 2.03. The third-order valence-electron chi connectivity index (χ3n) is 2.73. The van der Waals surface area contributed by atoms with Crippen molar-refractivity contribution in [3.05, 3.63) is 17.0 Å². The van der Waals surface area contributed by atoms with E-state index in [4.69, 9.17) is 4.74 Å². The molecule has 3 heteroatoms. The van der Waals surface area contributed by atoms with Crippen LogP contribution in [0.5, 0.6) is 0 Å². The molecule has 1 aromatic heterocycles. The van der Waals surface area contributed by atoms with Crippen molar-refractivity contribution in [3.63, 3.8) is 0 Å². The van der Waals surface area contributed by atoms with Crippen molar-refractivity contribution < 1.29 is 4.74 Å². The summed E-state index contributed by atoms with van der Waals surface area (Å²) in [5, 5.41) is 7.43. The molecule has 0 saturated carbocycles. The predicted octanol–water partition coefficient (Wildman–Crippen LogP) is 1.36. The number of aromatic amines is 1. The molecule has 2 aliphatic rings. The molecule has 1 aliphatic carbocycles. The first-order valence-corrected chi connectivity index (χ1v) is 4.63. The maximum Gasteiger partial charge on any atom is 0.125 e. The smallest absolute Gasteiger partial charge is 0.125 e. The lowest BCUT2D eigenvalue weighted by Crippen LogP contribution is -2.02. The number of fused-ring (bicyclic) bond motifs is 1. The molecule has 2 heterocycles. The Morgan fingerprint density at radius 1 is 1.33 bits per heavy atom. The molecular formula is C9H12N2O. The Bertz CT molecular complexity index is 301. The minimum absolute atomic E-state index is 0.322. The summed E-state index contributed by atoms with van der Waals surface area (Å²) < 4.78 is 5.24. The fourth-order valence-corrected chi connectivity index (χ4v) is 1.98. The molecule has 1 aliphatic heterocycles. The Kier molecular flexibility index (Phi) is 1.29. The highest BCUT2D eigenvalue weighted by Gasteiger charge is 2.31. The SMILES string of the molecule is C1CCc2c([C@@H]3CO3)n[nH]c2C1. The first-order valence-electron chi connectivity index (χ1n) is 4.63. The number of hydrogen-bond donors (Lipinski definition) is 1. The summed E-state index contributed by atoms with van der Waals surface area (Å²) in [4.78, 5) is 0. The van der Waals surface area contributed by atoms with Gasteiger partial charge in [-0.3, -0.25) is 5.10 Å². The van der Waals surface area contributed by atoms with Crippen LogP contribution in [0.15, 0.2) is 0 Å². The Morgan fingerprint density at radius 3 is 3.00 bits per heavy atom. The van der Waals surface area contributed by atoms with E-state index in [0.717, 1.165) is 6.61 Å². The van der Waals surface area contributed by atoms with Gasteiger partial charge in [0.2, 0.25) is 0 Å². The Labute approximate surface area is 71.1 Å². The van der Waals surface area contributed by atoms with Gasteiger partial charge in [-0.1, -0.05) is 0 Å². The molecule has 0 radical (unpaired) electrons. The summed E-state index contributed by atoms with van der Waals surface area (Å²) >= 11 is 0. The first-order chi connectivity index (χ1) is 5.95. The van der Waals surface area contributed by atoms with Crippen LogP contribution in [-0.4, -0.2) is 16.8 Å². The third kappa shape index (κ3) is 0.894. The number of ether oxygens (including phenoxy) is 1. The lowest BCUT2D eigenvalue weighted by Gasteiger charge is -2.09. The normalized spacial score (nSPS) is 26.8. The molecule has 1 atom stereocenters. The van der Waals surface area contributed by atoms with Crippen LogP contribution in [0.1, 0.15) is 35.9 Å². The zero-order valence-corrected chi connectivity index (χ0v) is 6.97. The standard InChI is InChI=1S/C9H12N2O/c1-2-4-7-6(3-1)9(11-10-7)8-5-12-8/h8H,1-5H2,(H,10,11)/t8-/m0/s1. The molecule has 3 nitrogen and oxygen atoms in total. The lowest BCUT2D eigenvalue weighted by molar-refractivity contribution is 0.409. The van der Waals surface area contributed by atoms with Gasteiger partial charge < -0.3 is 4.74 Å². The molecule has 1 fully saturated rings. The second kappa shape index (κ2) is 2.33. The molecule has 3 rings (SSSR count). The van der Waals surface area contributed by atoms with Crippen molar-refractivity contribution in [1.29, 1.82) is 0 Å². The van der Waals surface area contributed by atoms with Crippen LogP contribution in [0.2, 0.25) is 0 Å². The number of H-pyrrole nitrogens is 1. The highest BCUT2D eigenvalue weighted by atomic mass is 16.6. The number of rotatable bonds is 1. The average molecular weight is 164 g/mol. The van der Waals surface area contributed by atoms with E-state index >= 15 is 0 Å². The van der Waals surface area contributed by atoms with E-state index in [0.29, 0.717) is 6.10 Å². The molecule has 12 heavy (non-hydrogen) atoms. The van der Waals surface area contributed by atoms with Crippen molar-refractivity contribution in [2.45, 2.75) is 31.8 Å². The van der Waals surface area contributed by atoms with Crippen LogP contribution in [0.4, 0.5) is 0 Å². The second-order valence-corrected chi connectivity index (χ2v) is 3.60. The number of nitrogens with one attached hydrogen (secondary N) is 1. The van der Waals surface area contributed by atoms with Crippen LogP contribution in [0, 0.1) is 0 Å². The van der Waals surface area contributed by atoms with Crippen LogP contribution in [0.25, 0.3) is 0 Å². The zero-order valence-electron chi connectivity index (χ0n) is 6.97. The average Bonchev–Trinajstić information content (AvgIpc) is 2.86. The van der Waals surface area contributed by atoms with Gasteiger partial charge in [-0.05, 0) is 31.2 Å². The van der Waals surface area contributed by atoms with Crippen molar-refractivity contribution in [2.75, 3.05) is 6.61 Å². The number of nitrogens with zero attached hydrogens (tertiary/aromatic N) is 1. The van der Waals surface area contributed by atoms with Gasteiger partial charge in [0.15, 0.2) is 0 Å². The van der Waals surface area contributed by atoms with Crippen molar-refractivity contribution in [1.82, 2.24) is 10.2 Å². The van der Waals surface area contributed by atoms with E-state index < -0.39 is 0 Å². The number of aryl methyl sites for hydroxylation is 1. The number of aromatic nitrogens is 2. The fraction of sp³-hybridized carbons (Fsp3) is 0.667. The minimum Gasteiger partial charge on any atom is -0.366 e. The molecule has 0 amide bonds. The summed E-state index contributed by atoms with van der Waals surface area (Å²) in [7, 11) is 0. The first kappa shape index (κ1) is 6.66. The molecule has 64 valence electrons.